The predicted octanol–water partition coefficient (Wildman–Crippen LogP) is 2.51. The topological polar surface area (TPSA) is 67.3 Å². The molecule has 0 radical (unpaired) electrons. The lowest BCUT2D eigenvalue weighted by Gasteiger charge is -2.01. The monoisotopic (exact) mass is 349 g/mol. The summed E-state index contributed by atoms with van der Waals surface area (Å²) in [6.07, 6.45) is 0. The van der Waals surface area contributed by atoms with E-state index in [9.17, 15) is 8.42 Å². The SMILES string of the molecule is O=S(=O)(O)c1cc(Br)c(Cl)nc1Br. The van der Waals surface area contributed by atoms with Crippen LogP contribution in [0.2, 0.25) is 5.15 Å². The fourth-order valence-electron chi connectivity index (χ4n) is 0.610. The van der Waals surface area contributed by atoms with Gasteiger partial charge in [-0.1, -0.05) is 11.6 Å². The molecule has 0 aromatic carbocycles. The Labute approximate surface area is 96.3 Å². The molecular weight excluding hydrogens is 349 g/mol. The molecule has 13 heavy (non-hydrogen) atoms. The van der Waals surface area contributed by atoms with Gasteiger partial charge in [0, 0.05) is 0 Å². The molecule has 0 aliphatic heterocycles. The summed E-state index contributed by atoms with van der Waals surface area (Å²) in [5.41, 5.74) is 0. The van der Waals surface area contributed by atoms with Crippen molar-refractivity contribution in [1.82, 2.24) is 4.98 Å². The summed E-state index contributed by atoms with van der Waals surface area (Å²) in [6, 6.07) is 1.16. The Bertz CT molecular complexity index is 447. The maximum absolute atomic E-state index is 10.7. The van der Waals surface area contributed by atoms with Crippen molar-refractivity contribution >= 4 is 53.6 Å². The Kier molecular flexibility index (Phi) is 3.34. The number of hydrogen-bond donors (Lipinski definition) is 1. The first kappa shape index (κ1) is 11.4. The zero-order valence-corrected chi connectivity index (χ0v) is 10.6. The third-order valence-electron chi connectivity index (χ3n) is 1.13. The number of pyridine rings is 1. The average Bonchev–Trinajstić information content (AvgIpc) is 1.94. The van der Waals surface area contributed by atoms with Gasteiger partial charge in [-0.3, -0.25) is 4.55 Å². The molecule has 8 heteroatoms. The molecule has 1 N–H and O–H groups in total. The van der Waals surface area contributed by atoms with Crippen LogP contribution in [-0.2, 0) is 10.1 Å². The van der Waals surface area contributed by atoms with Gasteiger partial charge in [-0.15, -0.1) is 0 Å². The second kappa shape index (κ2) is 3.82. The molecule has 0 saturated carbocycles. The third-order valence-corrected chi connectivity index (χ3v) is 3.99. The van der Waals surface area contributed by atoms with Gasteiger partial charge in [0.25, 0.3) is 10.1 Å². The highest BCUT2D eigenvalue weighted by molar-refractivity contribution is 9.11. The van der Waals surface area contributed by atoms with E-state index in [0.717, 1.165) is 6.07 Å². The predicted molar refractivity (Wildman–Crippen MR) is 54.5 cm³/mol. The molecule has 0 fully saturated rings. The fourth-order valence-corrected chi connectivity index (χ4v) is 2.75. The number of halogens is 3. The van der Waals surface area contributed by atoms with Crippen molar-refractivity contribution in [1.29, 1.82) is 0 Å². The zero-order chi connectivity index (χ0) is 10.2. The quantitative estimate of drug-likeness (QED) is 0.624. The minimum atomic E-state index is -4.27. The second-order valence-electron chi connectivity index (χ2n) is 2.03. The van der Waals surface area contributed by atoms with E-state index in [1.165, 1.54) is 0 Å². The lowest BCUT2D eigenvalue weighted by Crippen LogP contribution is -2.01. The van der Waals surface area contributed by atoms with E-state index in [0.29, 0.717) is 4.47 Å². The van der Waals surface area contributed by atoms with Crippen LogP contribution in [0.25, 0.3) is 0 Å². The van der Waals surface area contributed by atoms with E-state index in [1.54, 1.807) is 0 Å². The first-order valence-corrected chi connectivity index (χ1v) is 6.22. The summed E-state index contributed by atoms with van der Waals surface area (Å²) in [5, 5.41) is 0.110. The van der Waals surface area contributed by atoms with Crippen molar-refractivity contribution in [2.45, 2.75) is 4.90 Å². The largest absolute Gasteiger partial charge is 0.297 e. The molecule has 0 amide bonds. The van der Waals surface area contributed by atoms with Crippen LogP contribution in [-0.4, -0.2) is 18.0 Å². The number of hydrogen-bond acceptors (Lipinski definition) is 3. The van der Waals surface area contributed by atoms with E-state index >= 15 is 0 Å². The average molecular weight is 351 g/mol. The normalized spacial score (nSPS) is 11.7. The molecule has 1 rings (SSSR count). The van der Waals surface area contributed by atoms with Gasteiger partial charge in [-0.2, -0.15) is 8.42 Å². The van der Waals surface area contributed by atoms with Gasteiger partial charge in [0.05, 0.1) is 4.47 Å². The summed E-state index contributed by atoms with van der Waals surface area (Å²) in [7, 11) is -4.27. The highest BCUT2D eigenvalue weighted by Crippen LogP contribution is 2.28. The summed E-state index contributed by atoms with van der Waals surface area (Å²) in [6.45, 7) is 0. The Hall–Kier alpha value is 0.310. The summed E-state index contributed by atoms with van der Waals surface area (Å²) in [4.78, 5) is 3.31. The van der Waals surface area contributed by atoms with Crippen molar-refractivity contribution in [2.75, 3.05) is 0 Å². The molecule has 1 aromatic rings. The molecule has 0 spiro atoms. The van der Waals surface area contributed by atoms with Crippen LogP contribution in [0.4, 0.5) is 0 Å². The third kappa shape index (κ3) is 2.63. The molecule has 72 valence electrons. The van der Waals surface area contributed by atoms with Gasteiger partial charge in [0.1, 0.15) is 14.7 Å². The maximum atomic E-state index is 10.7. The molecule has 0 aliphatic carbocycles. The van der Waals surface area contributed by atoms with Gasteiger partial charge < -0.3 is 0 Å². The molecule has 1 aromatic heterocycles. The van der Waals surface area contributed by atoms with Crippen LogP contribution in [0, 0.1) is 0 Å². The van der Waals surface area contributed by atoms with Crippen LogP contribution in [0.5, 0.6) is 0 Å². The zero-order valence-electron chi connectivity index (χ0n) is 5.83. The molecule has 1 heterocycles. The fraction of sp³-hybridized carbons (Fsp3) is 0. The highest BCUT2D eigenvalue weighted by Gasteiger charge is 2.17. The smallest absolute Gasteiger partial charge is 0.282 e. The van der Waals surface area contributed by atoms with Gasteiger partial charge in [-0.05, 0) is 37.9 Å². The van der Waals surface area contributed by atoms with E-state index in [2.05, 4.69) is 36.8 Å². The van der Waals surface area contributed by atoms with E-state index < -0.39 is 10.1 Å². The molecule has 0 bridgehead atoms. The maximum Gasteiger partial charge on any atom is 0.297 e. The number of nitrogens with zero attached hydrogens (tertiary/aromatic N) is 1. The molecule has 0 aliphatic rings. The van der Waals surface area contributed by atoms with E-state index in [1.807, 2.05) is 0 Å². The lowest BCUT2D eigenvalue weighted by atomic mass is 10.5. The summed E-state index contributed by atoms with van der Waals surface area (Å²) >= 11 is 11.4. The van der Waals surface area contributed by atoms with Crippen molar-refractivity contribution in [3.63, 3.8) is 0 Å². The first-order valence-electron chi connectivity index (χ1n) is 2.81. The Morgan fingerprint density at radius 3 is 2.46 bits per heavy atom. The van der Waals surface area contributed by atoms with Crippen LogP contribution in [0.1, 0.15) is 0 Å². The molecule has 0 atom stereocenters. The van der Waals surface area contributed by atoms with Gasteiger partial charge in [-0.25, -0.2) is 4.98 Å². The van der Waals surface area contributed by atoms with Gasteiger partial charge >= 0.3 is 0 Å². The van der Waals surface area contributed by atoms with E-state index in [4.69, 9.17) is 16.2 Å². The minimum Gasteiger partial charge on any atom is -0.282 e. The first-order chi connectivity index (χ1) is 5.82. The van der Waals surface area contributed by atoms with Gasteiger partial charge in [0.15, 0.2) is 0 Å². The molecule has 0 saturated heterocycles. The van der Waals surface area contributed by atoms with Crippen molar-refractivity contribution in [2.24, 2.45) is 0 Å². The van der Waals surface area contributed by atoms with Crippen LogP contribution >= 0.6 is 43.5 Å². The minimum absolute atomic E-state index is 0.0248. The van der Waals surface area contributed by atoms with Gasteiger partial charge in [0.2, 0.25) is 0 Å². The second-order valence-corrected chi connectivity index (χ2v) is 5.38. The highest BCUT2D eigenvalue weighted by atomic mass is 79.9. The standard InChI is InChI=1S/C5H2Br2ClNO3S/c6-2-1-3(13(10,11)12)4(7)9-5(2)8/h1H,(H,10,11,12). The summed E-state index contributed by atoms with van der Waals surface area (Å²) < 4.78 is 30.5. The lowest BCUT2D eigenvalue weighted by molar-refractivity contribution is 0.482. The van der Waals surface area contributed by atoms with Crippen LogP contribution in [0.15, 0.2) is 20.0 Å². The van der Waals surface area contributed by atoms with Crippen molar-refractivity contribution < 1.29 is 13.0 Å². The Morgan fingerprint density at radius 2 is 2.00 bits per heavy atom. The Morgan fingerprint density at radius 1 is 1.46 bits per heavy atom. The van der Waals surface area contributed by atoms with E-state index in [-0.39, 0.29) is 14.7 Å². The molecular formula is C5H2Br2ClNO3S. The van der Waals surface area contributed by atoms with Crippen LogP contribution < -0.4 is 0 Å². The van der Waals surface area contributed by atoms with Crippen molar-refractivity contribution in [3.05, 3.63) is 20.3 Å². The Balaban J connectivity index is 3.50. The molecule has 4 nitrogen and oxygen atoms in total. The summed E-state index contributed by atoms with van der Waals surface area (Å²) in [5.74, 6) is 0. The molecule has 0 unspecified atom stereocenters. The number of aromatic nitrogens is 1. The van der Waals surface area contributed by atoms with Crippen LogP contribution in [0.3, 0.4) is 0 Å². The number of rotatable bonds is 1. The van der Waals surface area contributed by atoms with Crippen molar-refractivity contribution in [3.8, 4) is 0 Å².